The van der Waals surface area contributed by atoms with Gasteiger partial charge in [0.1, 0.15) is 43.1 Å². The number of methoxy groups -OCH3 is 2. The van der Waals surface area contributed by atoms with Crippen LogP contribution in [0.3, 0.4) is 0 Å². The molecule has 1 saturated heterocycles. The Morgan fingerprint density at radius 1 is 0.577 bits per heavy atom. The maximum absolute atomic E-state index is 14.7. The molecule has 5 rings (SSSR count). The lowest BCUT2D eigenvalue weighted by molar-refractivity contribution is -0.148. The van der Waals surface area contributed by atoms with Crippen LogP contribution in [-0.4, -0.2) is 348 Å². The molecule has 43 heteroatoms. The molecule has 11 atom stereocenters. The highest BCUT2D eigenvalue weighted by atomic mass is 32.2. The number of ether oxygens (including phenoxy) is 11. The number of sulfone groups is 1. The van der Waals surface area contributed by atoms with Gasteiger partial charge >= 0.3 is 6.03 Å². The average molecular weight is 1950 g/mol. The third kappa shape index (κ3) is 45.4. The number of likely N-dealkylation sites (tertiary alicyclic amines) is 1. The summed E-state index contributed by atoms with van der Waals surface area (Å²) in [5.41, 5.74) is 8.14. The minimum Gasteiger partial charge on any atom is -0.379 e. The zero-order chi connectivity index (χ0) is 101. The second-order valence-electron chi connectivity index (χ2n) is 34.6. The molecule has 3 heterocycles. The van der Waals surface area contributed by atoms with E-state index in [2.05, 4.69) is 80.0 Å². The van der Waals surface area contributed by atoms with Crippen molar-refractivity contribution in [1.82, 2.24) is 82.2 Å². The monoisotopic (exact) mass is 1950 g/mol. The van der Waals surface area contributed by atoms with Gasteiger partial charge in [-0.25, -0.2) is 27.9 Å². The summed E-state index contributed by atoms with van der Waals surface area (Å²) in [6.45, 7) is 22.9. The van der Waals surface area contributed by atoms with E-state index in [-0.39, 0.29) is 118 Å². The molecule has 4 aromatic rings. The van der Waals surface area contributed by atoms with E-state index in [0.717, 1.165) is 11.8 Å². The molecular weight excluding hydrogens is 1800 g/mol. The van der Waals surface area contributed by atoms with Crippen molar-refractivity contribution < 1.29 is 113 Å². The molecule has 0 unspecified atom stereocenters. The van der Waals surface area contributed by atoms with Crippen LogP contribution in [0.15, 0.2) is 78.3 Å². The van der Waals surface area contributed by atoms with Crippen LogP contribution < -0.4 is 53.6 Å². The van der Waals surface area contributed by atoms with Gasteiger partial charge in [0.2, 0.25) is 74.1 Å². The predicted molar refractivity (Wildman–Crippen MR) is 508 cm³/mol. The molecule has 0 radical (unpaired) electrons. The van der Waals surface area contributed by atoms with E-state index in [1.54, 1.807) is 72.8 Å². The second kappa shape index (κ2) is 65.5. The number of anilines is 1. The Hall–Kier alpha value is -10.3. The van der Waals surface area contributed by atoms with Gasteiger partial charge in [0, 0.05) is 91.0 Å². The molecule has 1 fully saturated rings. The minimum atomic E-state index is -3.48. The molecule has 2 aromatic heterocycles. The Morgan fingerprint density at radius 2 is 1.15 bits per heavy atom. The second-order valence-corrected chi connectivity index (χ2v) is 36.5. The van der Waals surface area contributed by atoms with Gasteiger partial charge in [0.25, 0.3) is 0 Å². The zero-order valence-corrected chi connectivity index (χ0v) is 83.2. The summed E-state index contributed by atoms with van der Waals surface area (Å²) in [5.74, 6) is -0.333. The highest BCUT2D eigenvalue weighted by Crippen LogP contribution is 2.31. The van der Waals surface area contributed by atoms with Crippen LogP contribution in [0, 0.1) is 41.4 Å². The number of likely N-dealkylation sites (N-methyl/N-ethyl adjacent to an activating group) is 2. The number of rotatable bonds is 70. The molecule has 137 heavy (non-hydrogen) atoms. The van der Waals surface area contributed by atoms with Gasteiger partial charge in [-0.15, -0.1) is 5.10 Å². The SMILES string of the molecule is CC[C@H](C)[C@@H]([C@@H](CC(=O)N1CCC[C@H]1[C@H](OC)[C@@H](C)C(=O)N[C@@H](Cc1ccccc1)C(=O)NCc1ccc(NC(=O)[C@H](CCCNC(N)=O)NC(=O)[C@@H](NC(=O)COCC(=O)NCCOCCOCCOCCOCCOCCOCCOCCOCCn2cc(CNC(=O)CCCC#Cc3cnc(S(C)(=O)=O)nc3)nn2)C(C)C)cc1)OC)N(C)C(=O)[C@@H](NC(=O)[C@H](C(C)C)N(C)C)C(C)C. The Balaban J connectivity index is 0.923. The first-order valence-electron chi connectivity index (χ1n) is 46.9. The first kappa shape index (κ1) is 117. The smallest absolute Gasteiger partial charge is 0.312 e. The van der Waals surface area contributed by atoms with Gasteiger partial charge in [-0.05, 0) is 93.1 Å². The largest absolute Gasteiger partial charge is 0.379 e. The number of benzene rings is 2. The van der Waals surface area contributed by atoms with Crippen molar-refractivity contribution in [3.8, 4) is 11.8 Å². The number of primary amides is 1. The molecular formula is C94H150N18O24S. The summed E-state index contributed by atoms with van der Waals surface area (Å²) in [6.07, 6.45) is 7.36. The van der Waals surface area contributed by atoms with Gasteiger partial charge in [-0.1, -0.05) is 128 Å². The van der Waals surface area contributed by atoms with Crippen molar-refractivity contribution >= 4 is 80.6 Å². The number of nitrogens with two attached hydrogens (primary N) is 1. The van der Waals surface area contributed by atoms with E-state index >= 15 is 0 Å². The van der Waals surface area contributed by atoms with Crippen molar-refractivity contribution in [2.45, 2.75) is 206 Å². The Kier molecular flexibility index (Phi) is 56.0. The number of nitrogens with one attached hydrogen (secondary N) is 9. The highest BCUT2D eigenvalue weighted by molar-refractivity contribution is 7.90. The molecule has 1 aliphatic rings. The lowest BCUT2D eigenvalue weighted by Gasteiger charge is -2.41. The molecule has 0 bridgehead atoms. The Labute approximate surface area is 806 Å². The molecule has 0 spiro atoms. The van der Waals surface area contributed by atoms with Crippen molar-refractivity contribution in [2.75, 3.05) is 185 Å². The van der Waals surface area contributed by atoms with Crippen molar-refractivity contribution in [1.29, 1.82) is 0 Å². The predicted octanol–water partition coefficient (Wildman–Crippen LogP) is 2.28. The number of hydrogen-bond acceptors (Lipinski definition) is 29. The number of hydrogen-bond donors (Lipinski definition) is 10. The molecule has 0 aliphatic carbocycles. The first-order valence-corrected chi connectivity index (χ1v) is 48.8. The van der Waals surface area contributed by atoms with E-state index in [1.807, 2.05) is 90.9 Å². The van der Waals surface area contributed by atoms with E-state index < -0.39 is 131 Å². The lowest BCUT2D eigenvalue weighted by Crippen LogP contribution is -2.59. The number of unbranched alkanes of at least 4 members (excludes halogenated alkanes) is 1. The third-order valence-electron chi connectivity index (χ3n) is 22.5. The lowest BCUT2D eigenvalue weighted by atomic mass is 9.89. The fourth-order valence-electron chi connectivity index (χ4n) is 15.0. The topological polar surface area (TPSA) is 524 Å². The van der Waals surface area contributed by atoms with Crippen LogP contribution in [0.25, 0.3) is 0 Å². The summed E-state index contributed by atoms with van der Waals surface area (Å²) >= 11 is 0. The van der Waals surface area contributed by atoms with Crippen molar-refractivity contribution in [2.24, 2.45) is 35.3 Å². The van der Waals surface area contributed by atoms with Gasteiger partial charge in [0.15, 0.2) is 0 Å². The van der Waals surface area contributed by atoms with Crippen molar-refractivity contribution in [3.05, 3.63) is 95.6 Å². The fraction of sp³-hybridized carbons (Fsp3) is 0.670. The van der Waals surface area contributed by atoms with Gasteiger partial charge in [-0.3, -0.25) is 52.8 Å². The fourth-order valence-corrected chi connectivity index (χ4v) is 15.5. The summed E-state index contributed by atoms with van der Waals surface area (Å²) in [6, 6.07) is 9.26. The first-order chi connectivity index (χ1) is 65.6. The Bertz CT molecular complexity index is 4440. The molecule has 1 aliphatic heterocycles. The summed E-state index contributed by atoms with van der Waals surface area (Å²) in [4.78, 5) is 162. The number of nitrogens with zero attached hydrogens (tertiary/aromatic N) is 8. The maximum Gasteiger partial charge on any atom is 0.312 e. The number of carbonyl (C=O) groups is 11. The summed E-state index contributed by atoms with van der Waals surface area (Å²) < 4.78 is 86.7. The van der Waals surface area contributed by atoms with E-state index in [1.165, 1.54) is 26.6 Å². The third-order valence-corrected chi connectivity index (χ3v) is 23.3. The minimum absolute atomic E-state index is 0.0171. The standard InChI is InChI=1S/C94H150N18O24S/c1-16-67(8)85(110(12)92(122)83(65(4)5)106-91(121)84(66(6)7)109(10)11)77(126-13)56-81(116)112-37-24-29-76(112)86(127-14)68(9)87(117)104-75(55-69-25-19-17-20-26-69)88(118)99-57-70-31-33-72(34-32-70)102-89(119)74(28-23-35-97-93(95)123)103-90(120)82(64(2)3)105-80(115)63-136-62-79(114)96-36-39-128-41-43-130-45-47-132-49-51-134-53-54-135-52-50-133-48-46-131-44-42-129-40-38-111-61-73(107-108-111)60-98-78(113)30-22-18-21-27-71-58-100-94(101-59-71)137(15,124)125/h17,19-20,25-26,31-34,58-59,61,64-68,74-77,82-86H,16,18,22-24,28-30,35-57,60,62-63H2,1-15H3,(H,96,114)(H,98,113)(H,99,118)(H,102,119)(H,103,120)(H,104,117)(H,105,115)(H,106,121)(H3,95,97,123)/t67-,68+,74-,75-,76-,77+,82-,83-,84-,85-,86+/m0/s1. The molecule has 766 valence electrons. The van der Waals surface area contributed by atoms with Crippen LogP contribution in [0.4, 0.5) is 10.5 Å². The summed E-state index contributed by atoms with van der Waals surface area (Å²) in [5, 5.41) is 33.0. The normalized spacial score (nSPS) is 14.9. The highest BCUT2D eigenvalue weighted by Gasteiger charge is 2.44. The maximum atomic E-state index is 14.7. The van der Waals surface area contributed by atoms with Crippen LogP contribution >= 0.6 is 0 Å². The molecule has 0 saturated carbocycles. The van der Waals surface area contributed by atoms with Gasteiger partial charge in [-0.2, -0.15) is 0 Å². The van der Waals surface area contributed by atoms with Crippen molar-refractivity contribution in [3.63, 3.8) is 0 Å². The molecule has 2 aromatic carbocycles. The molecule has 12 amide bonds. The average Bonchev–Trinajstić information content (AvgIpc) is 1.19. The van der Waals surface area contributed by atoms with E-state index in [0.29, 0.717) is 160 Å². The van der Waals surface area contributed by atoms with Gasteiger partial charge < -0.3 is 115 Å². The number of amides is 12. The number of aromatic nitrogens is 5. The number of urea groups is 1. The molecule has 42 nitrogen and oxygen atoms in total. The van der Waals surface area contributed by atoms with Crippen LogP contribution in [0.2, 0.25) is 0 Å². The van der Waals surface area contributed by atoms with Crippen LogP contribution in [0.5, 0.6) is 0 Å². The summed E-state index contributed by atoms with van der Waals surface area (Å²) in [7, 11) is 4.89. The van der Waals surface area contributed by atoms with Gasteiger partial charge in [0.05, 0.1) is 173 Å². The Morgan fingerprint density at radius 3 is 1.70 bits per heavy atom. The molecule has 11 N–H and O–H groups in total. The number of carbonyl (C=O) groups excluding carboxylic acids is 11. The van der Waals surface area contributed by atoms with Crippen LogP contribution in [0.1, 0.15) is 142 Å². The van der Waals surface area contributed by atoms with E-state index in [9.17, 15) is 61.2 Å². The van der Waals surface area contributed by atoms with E-state index in [4.69, 9.17) is 57.8 Å². The zero-order valence-electron chi connectivity index (χ0n) is 82.4. The van der Waals surface area contributed by atoms with Crippen LogP contribution in [-0.2, 0) is 136 Å². The quantitative estimate of drug-likeness (QED) is 0.0172.